The van der Waals surface area contributed by atoms with Gasteiger partial charge in [0.25, 0.3) is 0 Å². The highest BCUT2D eigenvalue weighted by atomic mass is 35.5. The fourth-order valence-electron chi connectivity index (χ4n) is 2.14. The first-order valence-corrected chi connectivity index (χ1v) is 6.76. The predicted molar refractivity (Wildman–Crippen MR) is 76.5 cm³/mol. The summed E-state index contributed by atoms with van der Waals surface area (Å²) in [6, 6.07) is 3.80. The number of ether oxygens (including phenoxy) is 1. The van der Waals surface area contributed by atoms with Crippen LogP contribution < -0.4 is 10.5 Å². The van der Waals surface area contributed by atoms with Crippen molar-refractivity contribution in [1.82, 2.24) is 9.78 Å². The summed E-state index contributed by atoms with van der Waals surface area (Å²) in [5.41, 5.74) is 7.22. The summed E-state index contributed by atoms with van der Waals surface area (Å²) in [6.07, 6.45) is 2.49. The third-order valence-electron chi connectivity index (χ3n) is 3.09. The first kappa shape index (κ1) is 14.8. The summed E-state index contributed by atoms with van der Waals surface area (Å²) in [5.74, 6) is 0.122. The van der Waals surface area contributed by atoms with Crippen LogP contribution >= 0.6 is 11.6 Å². The van der Waals surface area contributed by atoms with E-state index >= 15 is 0 Å². The second kappa shape index (κ2) is 6.24. The Balaban J connectivity index is 2.46. The van der Waals surface area contributed by atoms with Crippen molar-refractivity contribution in [2.45, 2.75) is 25.9 Å². The fourth-order valence-corrected chi connectivity index (χ4v) is 2.30. The molecule has 0 aliphatic heterocycles. The third-order valence-corrected chi connectivity index (χ3v) is 3.33. The monoisotopic (exact) mass is 297 g/mol. The van der Waals surface area contributed by atoms with E-state index in [0.29, 0.717) is 28.6 Å². The molecule has 108 valence electrons. The van der Waals surface area contributed by atoms with Crippen molar-refractivity contribution in [1.29, 1.82) is 0 Å². The lowest BCUT2D eigenvalue weighted by Gasteiger charge is -2.16. The van der Waals surface area contributed by atoms with E-state index in [1.165, 1.54) is 6.07 Å². The van der Waals surface area contributed by atoms with Gasteiger partial charge in [-0.2, -0.15) is 5.10 Å². The molecular formula is C14H17ClFN3O. The number of rotatable bonds is 5. The highest BCUT2D eigenvalue weighted by Gasteiger charge is 2.22. The maximum Gasteiger partial charge on any atom is 0.161 e. The summed E-state index contributed by atoms with van der Waals surface area (Å²) >= 11 is 5.76. The van der Waals surface area contributed by atoms with Crippen LogP contribution in [0.3, 0.4) is 0 Å². The van der Waals surface area contributed by atoms with Gasteiger partial charge < -0.3 is 10.5 Å². The Morgan fingerprint density at radius 1 is 1.50 bits per heavy atom. The molecule has 0 saturated heterocycles. The lowest BCUT2D eigenvalue weighted by molar-refractivity contribution is 0.403. The fraction of sp³-hybridized carbons (Fsp3) is 0.357. The Bertz CT molecular complexity index is 600. The number of benzene rings is 1. The van der Waals surface area contributed by atoms with Crippen LogP contribution in [0, 0.1) is 5.82 Å². The molecule has 20 heavy (non-hydrogen) atoms. The molecule has 0 aliphatic carbocycles. The molecule has 0 bridgehead atoms. The van der Waals surface area contributed by atoms with Crippen molar-refractivity contribution in [2.75, 3.05) is 7.11 Å². The molecule has 1 aromatic heterocycles. The molecule has 2 aromatic rings. The maximum absolute atomic E-state index is 14.0. The number of methoxy groups -OCH3 is 1. The summed E-state index contributed by atoms with van der Waals surface area (Å²) in [5, 5.41) is 4.57. The van der Waals surface area contributed by atoms with Crippen molar-refractivity contribution in [3.63, 3.8) is 0 Å². The van der Waals surface area contributed by atoms with Gasteiger partial charge in [0.2, 0.25) is 0 Å². The lowest BCUT2D eigenvalue weighted by atomic mass is 10.0. The van der Waals surface area contributed by atoms with Gasteiger partial charge in [-0.1, -0.05) is 24.6 Å². The van der Waals surface area contributed by atoms with E-state index in [9.17, 15) is 4.39 Å². The zero-order chi connectivity index (χ0) is 14.7. The Morgan fingerprint density at radius 3 is 2.85 bits per heavy atom. The zero-order valence-corrected chi connectivity index (χ0v) is 12.2. The maximum atomic E-state index is 14.0. The number of nitrogens with two attached hydrogens (primary N) is 1. The highest BCUT2D eigenvalue weighted by Crippen LogP contribution is 2.30. The van der Waals surface area contributed by atoms with Gasteiger partial charge in [0, 0.05) is 17.1 Å². The number of aromatic nitrogens is 2. The summed E-state index contributed by atoms with van der Waals surface area (Å²) in [7, 11) is 1.54. The molecule has 2 rings (SSSR count). The molecule has 1 heterocycles. The number of hydrogen-bond donors (Lipinski definition) is 1. The Hall–Kier alpha value is -1.59. The lowest BCUT2D eigenvalue weighted by Crippen LogP contribution is -2.19. The Morgan fingerprint density at radius 2 is 2.25 bits per heavy atom. The minimum atomic E-state index is -0.656. The van der Waals surface area contributed by atoms with Crippen LogP contribution in [0.5, 0.6) is 5.75 Å². The second-order valence-corrected chi connectivity index (χ2v) is 4.90. The van der Waals surface area contributed by atoms with Gasteiger partial charge in [0.1, 0.15) is 11.5 Å². The molecule has 0 saturated carbocycles. The van der Waals surface area contributed by atoms with Crippen LogP contribution in [0.15, 0.2) is 24.4 Å². The van der Waals surface area contributed by atoms with Crippen molar-refractivity contribution >= 4 is 11.6 Å². The Kier molecular flexibility index (Phi) is 4.62. The van der Waals surface area contributed by atoms with Crippen molar-refractivity contribution in [3.05, 3.63) is 46.5 Å². The topological polar surface area (TPSA) is 53.1 Å². The molecule has 0 amide bonds. The molecule has 0 fully saturated rings. The number of nitrogens with zero attached hydrogens (tertiary/aromatic N) is 2. The highest BCUT2D eigenvalue weighted by molar-refractivity contribution is 6.30. The summed E-state index contributed by atoms with van der Waals surface area (Å²) < 4.78 is 21.0. The zero-order valence-electron chi connectivity index (χ0n) is 11.4. The molecule has 1 aromatic carbocycles. The molecule has 2 N–H and O–H groups in total. The summed E-state index contributed by atoms with van der Waals surface area (Å²) in [4.78, 5) is 0. The van der Waals surface area contributed by atoms with Gasteiger partial charge in [0.15, 0.2) is 5.75 Å². The number of halogens is 2. The van der Waals surface area contributed by atoms with Gasteiger partial charge in [0.05, 0.1) is 19.3 Å². The minimum Gasteiger partial charge on any atom is -0.493 e. The van der Waals surface area contributed by atoms with Crippen LogP contribution in [-0.2, 0) is 6.54 Å². The molecule has 0 aliphatic rings. The smallest absolute Gasteiger partial charge is 0.161 e. The van der Waals surface area contributed by atoms with Gasteiger partial charge in [-0.25, -0.2) is 4.39 Å². The predicted octanol–water partition coefficient (Wildman–Crippen LogP) is 3.14. The molecule has 1 atom stereocenters. The van der Waals surface area contributed by atoms with Crippen LogP contribution in [0.1, 0.15) is 30.6 Å². The van der Waals surface area contributed by atoms with E-state index in [-0.39, 0.29) is 0 Å². The van der Waals surface area contributed by atoms with E-state index in [0.717, 1.165) is 6.42 Å². The van der Waals surface area contributed by atoms with E-state index < -0.39 is 11.9 Å². The molecule has 1 unspecified atom stereocenters. The van der Waals surface area contributed by atoms with Gasteiger partial charge >= 0.3 is 0 Å². The van der Waals surface area contributed by atoms with E-state index in [2.05, 4.69) is 5.10 Å². The Labute approximate surface area is 122 Å². The van der Waals surface area contributed by atoms with E-state index in [4.69, 9.17) is 22.1 Å². The molecule has 6 heteroatoms. The SMILES string of the molecule is CCCn1ncc(OC)c1C(N)c1ccc(Cl)cc1F. The molecule has 0 radical (unpaired) electrons. The molecular weight excluding hydrogens is 281 g/mol. The van der Waals surface area contributed by atoms with Crippen molar-refractivity contribution < 1.29 is 9.13 Å². The average Bonchev–Trinajstić information content (AvgIpc) is 2.81. The normalized spacial score (nSPS) is 12.4. The molecule has 4 nitrogen and oxygen atoms in total. The quantitative estimate of drug-likeness (QED) is 0.922. The van der Waals surface area contributed by atoms with Crippen LogP contribution in [-0.4, -0.2) is 16.9 Å². The second-order valence-electron chi connectivity index (χ2n) is 4.46. The standard InChI is InChI=1S/C14H17ClFN3O/c1-3-6-19-14(12(20-2)8-18-19)13(17)10-5-4-9(15)7-11(10)16/h4-5,7-8,13H,3,6,17H2,1-2H3. The minimum absolute atomic E-state index is 0.340. The van der Waals surface area contributed by atoms with Crippen LogP contribution in [0.25, 0.3) is 0 Å². The summed E-state index contributed by atoms with van der Waals surface area (Å²) in [6.45, 7) is 2.73. The van der Waals surface area contributed by atoms with Crippen LogP contribution in [0.2, 0.25) is 5.02 Å². The van der Waals surface area contributed by atoms with Crippen LogP contribution in [0.4, 0.5) is 4.39 Å². The van der Waals surface area contributed by atoms with Gasteiger partial charge in [-0.15, -0.1) is 0 Å². The van der Waals surface area contributed by atoms with Crippen molar-refractivity contribution in [3.8, 4) is 5.75 Å². The van der Waals surface area contributed by atoms with Gasteiger partial charge in [-0.3, -0.25) is 4.68 Å². The molecule has 0 spiro atoms. The van der Waals surface area contributed by atoms with Gasteiger partial charge in [-0.05, 0) is 18.6 Å². The first-order chi connectivity index (χ1) is 9.58. The van der Waals surface area contributed by atoms with E-state index in [1.807, 2.05) is 6.92 Å². The first-order valence-electron chi connectivity index (χ1n) is 6.38. The average molecular weight is 298 g/mol. The number of hydrogen-bond acceptors (Lipinski definition) is 3. The van der Waals surface area contributed by atoms with Crippen molar-refractivity contribution in [2.24, 2.45) is 5.73 Å². The number of aryl methyl sites for hydroxylation is 1. The van der Waals surface area contributed by atoms with E-state index in [1.54, 1.807) is 30.1 Å². The third kappa shape index (κ3) is 2.78. The largest absolute Gasteiger partial charge is 0.493 e.